The van der Waals surface area contributed by atoms with Gasteiger partial charge < -0.3 is 10.2 Å². The maximum Gasteiger partial charge on any atom is 0.321 e. The van der Waals surface area contributed by atoms with Gasteiger partial charge in [-0.1, -0.05) is 26.0 Å². The molecule has 0 bridgehead atoms. The van der Waals surface area contributed by atoms with Crippen LogP contribution >= 0.6 is 0 Å². The highest BCUT2D eigenvalue weighted by atomic mass is 16.2. The Bertz CT molecular complexity index is 477. The number of rotatable bonds is 4. The van der Waals surface area contributed by atoms with E-state index in [4.69, 9.17) is 0 Å². The molecule has 1 aromatic rings. The van der Waals surface area contributed by atoms with E-state index in [1.54, 1.807) is 0 Å². The fourth-order valence-corrected chi connectivity index (χ4v) is 2.66. The second-order valence-corrected chi connectivity index (χ2v) is 5.53. The van der Waals surface area contributed by atoms with E-state index in [1.807, 2.05) is 30.9 Å². The van der Waals surface area contributed by atoms with Crippen LogP contribution in [-0.4, -0.2) is 48.1 Å². The van der Waals surface area contributed by atoms with Crippen molar-refractivity contribution >= 4 is 11.7 Å². The van der Waals surface area contributed by atoms with Gasteiger partial charge in [-0.2, -0.15) is 0 Å². The number of urea groups is 1. The summed E-state index contributed by atoms with van der Waals surface area (Å²) in [5.41, 5.74) is 3.18. The number of anilines is 1. The maximum absolute atomic E-state index is 12.2. The molecule has 1 aromatic carbocycles. The molecule has 1 heterocycles. The van der Waals surface area contributed by atoms with Crippen LogP contribution in [0, 0.1) is 13.8 Å². The molecule has 1 fully saturated rings. The largest absolute Gasteiger partial charge is 0.321 e. The second kappa shape index (κ2) is 6.27. The van der Waals surface area contributed by atoms with Gasteiger partial charge in [-0.05, 0) is 44.1 Å². The van der Waals surface area contributed by atoms with Gasteiger partial charge in [-0.15, -0.1) is 0 Å². The van der Waals surface area contributed by atoms with Gasteiger partial charge in [-0.25, -0.2) is 4.79 Å². The number of nitrogens with zero attached hydrogens (tertiary/aromatic N) is 2. The van der Waals surface area contributed by atoms with Gasteiger partial charge in [0, 0.05) is 24.8 Å². The lowest BCUT2D eigenvalue weighted by molar-refractivity contribution is 0.0685. The van der Waals surface area contributed by atoms with E-state index in [0.717, 1.165) is 43.0 Å². The maximum atomic E-state index is 12.2. The molecule has 1 aliphatic heterocycles. The van der Waals surface area contributed by atoms with Gasteiger partial charge in [0.15, 0.2) is 0 Å². The zero-order chi connectivity index (χ0) is 14.7. The Labute approximate surface area is 121 Å². The van der Waals surface area contributed by atoms with Crippen molar-refractivity contribution in [2.24, 2.45) is 0 Å². The van der Waals surface area contributed by atoms with Crippen molar-refractivity contribution in [2.75, 3.05) is 31.5 Å². The predicted octanol–water partition coefficient (Wildman–Crippen LogP) is 2.86. The average molecular weight is 275 g/mol. The first-order valence-corrected chi connectivity index (χ1v) is 7.42. The van der Waals surface area contributed by atoms with Gasteiger partial charge in [0.2, 0.25) is 0 Å². The zero-order valence-electron chi connectivity index (χ0n) is 12.9. The first-order chi connectivity index (χ1) is 9.55. The first kappa shape index (κ1) is 14.9. The van der Waals surface area contributed by atoms with Gasteiger partial charge >= 0.3 is 6.03 Å². The van der Waals surface area contributed by atoms with Gasteiger partial charge in [0.25, 0.3) is 0 Å². The van der Waals surface area contributed by atoms with Crippen LogP contribution in [0.3, 0.4) is 0 Å². The number of hydrogen-bond donors (Lipinski definition) is 1. The first-order valence-electron chi connectivity index (χ1n) is 7.42. The number of benzene rings is 1. The lowest BCUT2D eigenvalue weighted by Crippen LogP contribution is -2.61. The van der Waals surface area contributed by atoms with E-state index in [9.17, 15) is 4.79 Å². The van der Waals surface area contributed by atoms with Crippen LogP contribution in [0.4, 0.5) is 10.5 Å². The van der Waals surface area contributed by atoms with Crippen LogP contribution in [0.5, 0.6) is 0 Å². The quantitative estimate of drug-likeness (QED) is 0.917. The highest BCUT2D eigenvalue weighted by molar-refractivity contribution is 5.90. The molecule has 0 radical (unpaired) electrons. The molecule has 2 rings (SSSR count). The van der Waals surface area contributed by atoms with Crippen molar-refractivity contribution in [3.05, 3.63) is 29.3 Å². The van der Waals surface area contributed by atoms with Crippen molar-refractivity contribution in [1.29, 1.82) is 0 Å². The van der Waals surface area contributed by atoms with Crippen molar-refractivity contribution in [3.8, 4) is 0 Å². The Morgan fingerprint density at radius 3 is 2.55 bits per heavy atom. The number of carbonyl (C=O) groups is 1. The van der Waals surface area contributed by atoms with Gasteiger partial charge in [-0.3, -0.25) is 4.90 Å². The molecule has 110 valence electrons. The molecule has 0 aliphatic carbocycles. The minimum atomic E-state index is 0.0158. The average Bonchev–Trinajstić information content (AvgIpc) is 2.37. The fraction of sp³-hybridized carbons (Fsp3) is 0.562. The van der Waals surface area contributed by atoms with Crippen LogP contribution < -0.4 is 5.32 Å². The molecular formula is C16H25N3O. The molecule has 0 saturated carbocycles. The molecule has 1 saturated heterocycles. The zero-order valence-corrected chi connectivity index (χ0v) is 12.9. The Hall–Kier alpha value is -1.55. The Morgan fingerprint density at radius 2 is 1.95 bits per heavy atom. The summed E-state index contributed by atoms with van der Waals surface area (Å²) in [6.07, 6.45) is 0. The van der Waals surface area contributed by atoms with E-state index in [-0.39, 0.29) is 6.03 Å². The smallest absolute Gasteiger partial charge is 0.321 e. The molecule has 1 N–H and O–H groups in total. The highest BCUT2D eigenvalue weighted by Gasteiger charge is 2.33. The number of amides is 2. The normalized spacial score (nSPS) is 15.3. The molecule has 0 atom stereocenters. The van der Waals surface area contributed by atoms with Gasteiger partial charge in [0.1, 0.15) is 0 Å². The van der Waals surface area contributed by atoms with E-state index in [2.05, 4.69) is 30.1 Å². The number of likely N-dealkylation sites (N-methyl/N-ethyl adjacent to an activating group) is 1. The summed E-state index contributed by atoms with van der Waals surface area (Å²) in [6, 6.07) is 6.66. The predicted molar refractivity (Wildman–Crippen MR) is 83.2 cm³/mol. The molecule has 4 heteroatoms. The summed E-state index contributed by atoms with van der Waals surface area (Å²) in [7, 11) is 0. The molecule has 2 amide bonds. The molecular weight excluding hydrogens is 250 g/mol. The second-order valence-electron chi connectivity index (χ2n) is 5.53. The van der Waals surface area contributed by atoms with Crippen LogP contribution in [0.2, 0.25) is 0 Å². The molecule has 4 nitrogen and oxygen atoms in total. The molecule has 0 unspecified atom stereocenters. The summed E-state index contributed by atoms with van der Waals surface area (Å²) < 4.78 is 0. The van der Waals surface area contributed by atoms with Gasteiger partial charge in [0.05, 0.1) is 0 Å². The monoisotopic (exact) mass is 275 g/mol. The van der Waals surface area contributed by atoms with E-state index in [0.29, 0.717) is 6.04 Å². The summed E-state index contributed by atoms with van der Waals surface area (Å²) in [5, 5.41) is 3.02. The van der Waals surface area contributed by atoms with Crippen molar-refractivity contribution in [3.63, 3.8) is 0 Å². The van der Waals surface area contributed by atoms with E-state index >= 15 is 0 Å². The summed E-state index contributed by atoms with van der Waals surface area (Å²) in [6.45, 7) is 12.2. The van der Waals surface area contributed by atoms with E-state index in [1.165, 1.54) is 0 Å². The SMILES string of the molecule is CCN(CC)C1CN(C(=O)Nc2cc(C)ccc2C)C1. The highest BCUT2D eigenvalue weighted by Crippen LogP contribution is 2.20. The van der Waals surface area contributed by atoms with Crippen molar-refractivity contribution < 1.29 is 4.79 Å². The molecule has 1 aliphatic rings. The van der Waals surface area contributed by atoms with Crippen LogP contribution in [0.15, 0.2) is 18.2 Å². The molecule has 0 spiro atoms. The third-order valence-electron chi connectivity index (χ3n) is 4.11. The minimum absolute atomic E-state index is 0.0158. The van der Waals surface area contributed by atoms with Crippen LogP contribution in [0.25, 0.3) is 0 Å². The lowest BCUT2D eigenvalue weighted by Gasteiger charge is -2.44. The summed E-state index contributed by atoms with van der Waals surface area (Å²) >= 11 is 0. The Morgan fingerprint density at radius 1 is 1.30 bits per heavy atom. The molecule has 0 aromatic heterocycles. The van der Waals surface area contributed by atoms with Crippen LogP contribution in [-0.2, 0) is 0 Å². The Balaban J connectivity index is 1.90. The number of aryl methyl sites for hydroxylation is 2. The summed E-state index contributed by atoms with van der Waals surface area (Å²) in [5.74, 6) is 0. The number of likely N-dealkylation sites (tertiary alicyclic amines) is 1. The van der Waals surface area contributed by atoms with Crippen LogP contribution in [0.1, 0.15) is 25.0 Å². The van der Waals surface area contributed by atoms with Crippen molar-refractivity contribution in [2.45, 2.75) is 33.7 Å². The van der Waals surface area contributed by atoms with Crippen molar-refractivity contribution in [1.82, 2.24) is 9.80 Å². The fourth-order valence-electron chi connectivity index (χ4n) is 2.66. The summed E-state index contributed by atoms with van der Waals surface area (Å²) in [4.78, 5) is 16.5. The van der Waals surface area contributed by atoms with E-state index < -0.39 is 0 Å². The third kappa shape index (κ3) is 3.12. The standard InChI is InChI=1S/C16H25N3O/c1-5-18(6-2)14-10-19(11-14)16(20)17-15-9-12(3)7-8-13(15)4/h7-9,14H,5-6,10-11H2,1-4H3,(H,17,20). The molecule has 20 heavy (non-hydrogen) atoms. The minimum Gasteiger partial charge on any atom is -0.321 e. The lowest BCUT2D eigenvalue weighted by atomic mass is 10.1. The topological polar surface area (TPSA) is 35.6 Å². The number of nitrogens with one attached hydrogen (secondary N) is 1. The number of carbonyl (C=O) groups excluding carboxylic acids is 1. The Kier molecular flexibility index (Phi) is 4.65. The third-order valence-corrected chi connectivity index (χ3v) is 4.11. The number of hydrogen-bond acceptors (Lipinski definition) is 2.